The van der Waals surface area contributed by atoms with E-state index in [4.69, 9.17) is 21.1 Å². The topological polar surface area (TPSA) is 59.1 Å². The van der Waals surface area contributed by atoms with Crippen molar-refractivity contribution >= 4 is 34.4 Å². The van der Waals surface area contributed by atoms with E-state index in [0.29, 0.717) is 37.4 Å². The molecule has 1 fully saturated rings. The van der Waals surface area contributed by atoms with Gasteiger partial charge < -0.3 is 19.3 Å². The van der Waals surface area contributed by atoms with Gasteiger partial charge in [0.05, 0.1) is 13.2 Å². The third-order valence-corrected chi connectivity index (χ3v) is 8.07. The van der Waals surface area contributed by atoms with Gasteiger partial charge in [-0.25, -0.2) is 4.79 Å². The number of halogens is 1. The van der Waals surface area contributed by atoms with Crippen molar-refractivity contribution in [3.8, 4) is 5.75 Å². The van der Waals surface area contributed by atoms with Gasteiger partial charge in [-0.2, -0.15) is 0 Å². The lowest BCUT2D eigenvalue weighted by Gasteiger charge is -2.43. The Morgan fingerprint density at radius 1 is 1.05 bits per heavy atom. The Balaban J connectivity index is 1.59. The van der Waals surface area contributed by atoms with Gasteiger partial charge in [-0.05, 0) is 86.7 Å². The number of ether oxygens (including phenoxy) is 2. The minimum atomic E-state index is -0.555. The summed E-state index contributed by atoms with van der Waals surface area (Å²) >= 11 is 6.46. The van der Waals surface area contributed by atoms with E-state index in [1.165, 1.54) is 0 Å². The molecule has 1 unspecified atom stereocenters. The number of hydrogen-bond acceptors (Lipinski definition) is 4. The molecule has 3 aromatic rings. The van der Waals surface area contributed by atoms with E-state index in [1.54, 1.807) is 12.0 Å². The fourth-order valence-electron chi connectivity index (χ4n) is 5.44. The number of nitrogens with zero attached hydrogens (tertiary/aromatic N) is 2. The molecule has 0 N–H and O–H groups in total. The first kappa shape index (κ1) is 28.8. The third-order valence-electron chi connectivity index (χ3n) is 7.85. The fraction of sp³-hybridized carbons (Fsp3) is 0.438. The molecule has 0 spiro atoms. The normalized spacial score (nSPS) is 16.0. The van der Waals surface area contributed by atoms with Crippen LogP contribution in [0.15, 0.2) is 60.7 Å². The van der Waals surface area contributed by atoms with Crippen molar-refractivity contribution in [1.82, 2.24) is 9.80 Å². The monoisotopic (exact) mass is 550 g/mol. The largest absolute Gasteiger partial charge is 0.497 e. The number of hydrogen-bond donors (Lipinski definition) is 0. The van der Waals surface area contributed by atoms with Crippen LogP contribution in [0, 0.1) is 0 Å². The maximum atomic E-state index is 13.9. The van der Waals surface area contributed by atoms with E-state index in [-0.39, 0.29) is 18.0 Å². The number of methoxy groups -OCH3 is 1. The Labute approximate surface area is 236 Å². The second-order valence-electron chi connectivity index (χ2n) is 11.5. The molecule has 0 saturated carbocycles. The van der Waals surface area contributed by atoms with Crippen molar-refractivity contribution in [3.63, 3.8) is 0 Å². The summed E-state index contributed by atoms with van der Waals surface area (Å²) in [6, 6.07) is 19.8. The molecule has 1 saturated heterocycles. The van der Waals surface area contributed by atoms with Crippen LogP contribution in [-0.2, 0) is 14.9 Å². The summed E-state index contributed by atoms with van der Waals surface area (Å²) in [5, 5.41) is 2.79. The van der Waals surface area contributed by atoms with Gasteiger partial charge in [-0.3, -0.25) is 4.79 Å². The highest BCUT2D eigenvalue weighted by Crippen LogP contribution is 2.41. The molecule has 1 heterocycles. The summed E-state index contributed by atoms with van der Waals surface area (Å²) in [7, 11) is 3.50. The molecule has 208 valence electrons. The number of carbonyl (C=O) groups is 2. The maximum absolute atomic E-state index is 13.9. The Morgan fingerprint density at radius 2 is 1.69 bits per heavy atom. The first-order chi connectivity index (χ1) is 18.4. The molecule has 4 rings (SSSR count). The van der Waals surface area contributed by atoms with Crippen molar-refractivity contribution in [3.05, 3.63) is 76.8 Å². The third kappa shape index (κ3) is 6.50. The van der Waals surface area contributed by atoms with Crippen LogP contribution in [0.25, 0.3) is 10.8 Å². The summed E-state index contributed by atoms with van der Waals surface area (Å²) < 4.78 is 11.0. The molecular weight excluding hydrogens is 512 g/mol. The Morgan fingerprint density at radius 3 is 2.31 bits per heavy atom. The smallest absolute Gasteiger partial charge is 0.410 e. The lowest BCUT2D eigenvalue weighted by molar-refractivity contribution is -0.133. The lowest BCUT2D eigenvalue weighted by atomic mass is 9.70. The van der Waals surface area contributed by atoms with Crippen molar-refractivity contribution in [2.24, 2.45) is 0 Å². The van der Waals surface area contributed by atoms with Gasteiger partial charge in [-0.15, -0.1) is 0 Å². The summed E-state index contributed by atoms with van der Waals surface area (Å²) in [6.07, 6.45) is 1.34. The van der Waals surface area contributed by atoms with Crippen LogP contribution < -0.4 is 4.74 Å². The zero-order valence-corrected chi connectivity index (χ0v) is 24.5. The number of likely N-dealkylation sites (tertiary alicyclic amines) is 1. The second-order valence-corrected chi connectivity index (χ2v) is 12.0. The Bertz CT molecular complexity index is 1320. The van der Waals surface area contributed by atoms with Crippen molar-refractivity contribution < 1.29 is 19.1 Å². The highest BCUT2D eigenvalue weighted by molar-refractivity contribution is 6.31. The van der Waals surface area contributed by atoms with Gasteiger partial charge in [0.15, 0.2) is 0 Å². The quantitative estimate of drug-likeness (QED) is 0.321. The summed E-state index contributed by atoms with van der Waals surface area (Å²) in [5.41, 5.74) is 1.13. The molecule has 0 aliphatic carbocycles. The molecule has 2 amide bonds. The van der Waals surface area contributed by atoms with E-state index in [2.05, 4.69) is 6.07 Å². The minimum absolute atomic E-state index is 0.0492. The molecular formula is C32H39ClN2O4. The first-order valence-corrected chi connectivity index (χ1v) is 13.9. The number of rotatable bonds is 6. The Kier molecular flexibility index (Phi) is 8.45. The minimum Gasteiger partial charge on any atom is -0.497 e. The highest BCUT2D eigenvalue weighted by atomic mass is 35.5. The van der Waals surface area contributed by atoms with E-state index >= 15 is 0 Å². The molecule has 1 atom stereocenters. The molecule has 0 aromatic heterocycles. The van der Waals surface area contributed by atoms with E-state index in [1.807, 2.05) is 94.2 Å². The number of benzene rings is 3. The van der Waals surface area contributed by atoms with Crippen LogP contribution in [0.2, 0.25) is 5.02 Å². The number of fused-ring (bicyclic) bond motifs is 1. The molecule has 0 radical (unpaired) electrons. The average Bonchev–Trinajstić information content (AvgIpc) is 2.91. The van der Waals surface area contributed by atoms with Gasteiger partial charge in [-0.1, -0.05) is 48.0 Å². The predicted octanol–water partition coefficient (Wildman–Crippen LogP) is 7.38. The van der Waals surface area contributed by atoms with E-state index in [9.17, 15) is 9.59 Å². The van der Waals surface area contributed by atoms with Crippen molar-refractivity contribution in [2.75, 3.05) is 27.2 Å². The molecule has 1 aliphatic rings. The van der Waals surface area contributed by atoms with Crippen molar-refractivity contribution in [2.45, 2.75) is 64.0 Å². The van der Waals surface area contributed by atoms with Gasteiger partial charge in [0, 0.05) is 37.0 Å². The molecule has 6 nitrogen and oxygen atoms in total. The van der Waals surface area contributed by atoms with Crippen LogP contribution in [0.5, 0.6) is 5.75 Å². The molecule has 0 bridgehead atoms. The second kappa shape index (κ2) is 11.5. The number of amides is 2. The zero-order valence-electron chi connectivity index (χ0n) is 23.8. The average molecular weight is 551 g/mol. The number of piperidine rings is 1. The standard InChI is InChI=1S/C32H39ClN2O4/c1-22(28-20-25(33)19-23-9-7-8-10-27(23)28)34(5)29(36)21-32(24-11-13-26(38-6)14-12-24)15-17-35(18-16-32)30(37)39-31(2,3)4/h7-14,19-20,22H,15-18,21H2,1-6H3. The van der Waals surface area contributed by atoms with E-state index in [0.717, 1.165) is 27.6 Å². The first-order valence-electron chi connectivity index (χ1n) is 13.5. The Hall–Kier alpha value is -3.25. The van der Waals surface area contributed by atoms with Gasteiger partial charge >= 0.3 is 6.09 Å². The van der Waals surface area contributed by atoms with Gasteiger partial charge in [0.2, 0.25) is 5.91 Å². The SMILES string of the molecule is COc1ccc(C2(CC(=O)N(C)C(C)c3cc(Cl)cc4ccccc34)CCN(C(=O)OC(C)(C)C)CC2)cc1. The fourth-order valence-corrected chi connectivity index (χ4v) is 5.68. The van der Waals surface area contributed by atoms with Crippen LogP contribution >= 0.6 is 11.6 Å². The molecule has 1 aliphatic heterocycles. The van der Waals surface area contributed by atoms with Crippen LogP contribution in [-0.4, -0.2) is 54.6 Å². The van der Waals surface area contributed by atoms with Crippen molar-refractivity contribution in [1.29, 1.82) is 0 Å². The van der Waals surface area contributed by atoms with Gasteiger partial charge in [0.25, 0.3) is 0 Å². The highest BCUT2D eigenvalue weighted by Gasteiger charge is 2.41. The molecule has 39 heavy (non-hydrogen) atoms. The zero-order chi connectivity index (χ0) is 28.4. The molecule has 7 heteroatoms. The van der Waals surface area contributed by atoms with Crippen LogP contribution in [0.4, 0.5) is 4.79 Å². The summed E-state index contributed by atoms with van der Waals surface area (Å²) in [5.74, 6) is 0.818. The van der Waals surface area contributed by atoms with Crippen LogP contribution in [0.3, 0.4) is 0 Å². The maximum Gasteiger partial charge on any atom is 0.410 e. The predicted molar refractivity (Wildman–Crippen MR) is 156 cm³/mol. The molecule has 3 aromatic carbocycles. The lowest BCUT2D eigenvalue weighted by Crippen LogP contribution is -2.48. The van der Waals surface area contributed by atoms with Gasteiger partial charge in [0.1, 0.15) is 11.4 Å². The van der Waals surface area contributed by atoms with E-state index < -0.39 is 11.0 Å². The summed E-state index contributed by atoms with van der Waals surface area (Å²) in [4.78, 5) is 30.2. The number of carbonyl (C=O) groups excluding carboxylic acids is 2. The summed E-state index contributed by atoms with van der Waals surface area (Å²) in [6.45, 7) is 8.69. The van der Waals surface area contributed by atoms with Crippen LogP contribution in [0.1, 0.15) is 64.1 Å².